The molecule has 0 aliphatic heterocycles. The molecule has 0 bridgehead atoms. The number of pyridine rings is 1. The Morgan fingerprint density at radius 3 is 1.70 bits per heavy atom. The first-order chi connectivity index (χ1) is 21.5. The molecular formula is C43H33N. The second-order valence-corrected chi connectivity index (χ2v) is 12.5. The maximum absolute atomic E-state index is 5.05. The second-order valence-electron chi connectivity index (χ2n) is 12.5. The number of benzene rings is 6. The molecule has 1 aliphatic carbocycles. The maximum atomic E-state index is 5.05. The summed E-state index contributed by atoms with van der Waals surface area (Å²) in [6, 6.07) is 52.9. The van der Waals surface area contributed by atoms with E-state index in [-0.39, 0.29) is 5.41 Å². The number of nitrogens with zero attached hydrogens (tertiary/aromatic N) is 1. The van der Waals surface area contributed by atoms with E-state index in [0.29, 0.717) is 0 Å². The first-order valence-corrected chi connectivity index (χ1v) is 15.4. The van der Waals surface area contributed by atoms with Crippen molar-refractivity contribution < 1.29 is 0 Å². The normalized spacial score (nSPS) is 13.1. The lowest BCUT2D eigenvalue weighted by Crippen LogP contribution is -2.15. The lowest BCUT2D eigenvalue weighted by Gasteiger charge is -2.23. The monoisotopic (exact) mass is 563 g/mol. The summed E-state index contributed by atoms with van der Waals surface area (Å²) in [4.78, 5) is 5.05. The zero-order chi connectivity index (χ0) is 29.8. The van der Waals surface area contributed by atoms with Gasteiger partial charge in [0.05, 0.1) is 11.2 Å². The van der Waals surface area contributed by atoms with E-state index < -0.39 is 0 Å². The molecule has 1 heteroatoms. The summed E-state index contributed by atoms with van der Waals surface area (Å²) in [7, 11) is 0. The Hall–Kier alpha value is -5.27. The van der Waals surface area contributed by atoms with Crippen molar-refractivity contribution in [2.75, 3.05) is 0 Å². The molecule has 0 amide bonds. The van der Waals surface area contributed by atoms with Gasteiger partial charge in [-0.1, -0.05) is 117 Å². The first kappa shape index (κ1) is 26.4. The van der Waals surface area contributed by atoms with Crippen molar-refractivity contribution in [3.8, 4) is 55.8 Å². The minimum absolute atomic E-state index is 0.140. The predicted molar refractivity (Wildman–Crippen MR) is 186 cm³/mol. The van der Waals surface area contributed by atoms with E-state index in [4.69, 9.17) is 4.98 Å². The van der Waals surface area contributed by atoms with Crippen LogP contribution in [0.5, 0.6) is 0 Å². The van der Waals surface area contributed by atoms with E-state index in [1.165, 1.54) is 72.1 Å². The van der Waals surface area contributed by atoms with E-state index in [1.807, 2.05) is 0 Å². The topological polar surface area (TPSA) is 12.9 Å². The molecule has 7 aromatic rings. The lowest BCUT2D eigenvalue weighted by molar-refractivity contribution is 0.660. The van der Waals surface area contributed by atoms with Crippen molar-refractivity contribution in [3.05, 3.63) is 162 Å². The van der Waals surface area contributed by atoms with Crippen molar-refractivity contribution in [2.24, 2.45) is 0 Å². The van der Waals surface area contributed by atoms with Gasteiger partial charge in [-0.15, -0.1) is 0 Å². The van der Waals surface area contributed by atoms with Crippen molar-refractivity contribution in [1.82, 2.24) is 4.98 Å². The number of aryl methyl sites for hydroxylation is 1. The molecular weight excluding hydrogens is 530 g/mol. The third-order valence-corrected chi connectivity index (χ3v) is 9.38. The van der Waals surface area contributed by atoms with Gasteiger partial charge in [-0.05, 0) is 111 Å². The van der Waals surface area contributed by atoms with Gasteiger partial charge in [0.1, 0.15) is 0 Å². The minimum Gasteiger partial charge on any atom is -0.248 e. The molecule has 1 nitrogen and oxygen atoms in total. The lowest BCUT2D eigenvalue weighted by atomic mass is 9.80. The zero-order valence-electron chi connectivity index (χ0n) is 25.3. The van der Waals surface area contributed by atoms with Crippen LogP contribution in [0.4, 0.5) is 0 Å². The Morgan fingerprint density at radius 1 is 0.432 bits per heavy atom. The highest BCUT2D eigenvalue weighted by molar-refractivity contribution is 5.89. The molecule has 0 radical (unpaired) electrons. The summed E-state index contributed by atoms with van der Waals surface area (Å²) < 4.78 is 0. The largest absolute Gasteiger partial charge is 0.248 e. The summed E-state index contributed by atoms with van der Waals surface area (Å²) in [5.74, 6) is 0. The Balaban J connectivity index is 1.25. The van der Waals surface area contributed by atoms with Crippen LogP contribution in [0.1, 0.15) is 30.5 Å². The fourth-order valence-corrected chi connectivity index (χ4v) is 6.95. The van der Waals surface area contributed by atoms with Gasteiger partial charge in [-0.3, -0.25) is 0 Å². The average Bonchev–Trinajstić information content (AvgIpc) is 3.29. The van der Waals surface area contributed by atoms with Crippen LogP contribution in [0.2, 0.25) is 0 Å². The summed E-state index contributed by atoms with van der Waals surface area (Å²) in [6.45, 7) is 6.94. The third kappa shape index (κ3) is 4.36. The average molecular weight is 564 g/mol. The van der Waals surface area contributed by atoms with E-state index in [1.54, 1.807) is 0 Å². The molecule has 0 saturated heterocycles. The molecule has 8 rings (SSSR count). The van der Waals surface area contributed by atoms with Crippen LogP contribution in [0.3, 0.4) is 0 Å². The molecule has 0 saturated carbocycles. The fraction of sp³-hybridized carbons (Fsp3) is 0.0930. The van der Waals surface area contributed by atoms with Crippen molar-refractivity contribution in [2.45, 2.75) is 26.2 Å². The maximum Gasteiger partial charge on any atom is 0.0712 e. The van der Waals surface area contributed by atoms with Gasteiger partial charge in [0.15, 0.2) is 0 Å². The van der Waals surface area contributed by atoms with Crippen LogP contribution in [0.25, 0.3) is 66.7 Å². The van der Waals surface area contributed by atoms with Crippen LogP contribution in [-0.2, 0) is 5.41 Å². The highest BCUT2D eigenvalue weighted by Crippen LogP contribution is 2.51. The molecule has 1 aromatic heterocycles. The van der Waals surface area contributed by atoms with Gasteiger partial charge >= 0.3 is 0 Å². The summed E-state index contributed by atoms with van der Waals surface area (Å²) >= 11 is 0. The van der Waals surface area contributed by atoms with Gasteiger partial charge in [0.25, 0.3) is 0 Å². The number of para-hydroxylation sites is 1. The molecule has 1 heterocycles. The van der Waals surface area contributed by atoms with E-state index in [2.05, 4.69) is 166 Å². The van der Waals surface area contributed by atoms with E-state index in [9.17, 15) is 0 Å². The van der Waals surface area contributed by atoms with Gasteiger partial charge in [-0.2, -0.15) is 0 Å². The van der Waals surface area contributed by atoms with Gasteiger partial charge in [-0.25, -0.2) is 4.98 Å². The molecule has 210 valence electrons. The number of fused-ring (bicyclic) bond motifs is 4. The summed E-state index contributed by atoms with van der Waals surface area (Å²) in [5.41, 5.74) is 17.2. The second kappa shape index (κ2) is 10.2. The molecule has 0 unspecified atom stereocenters. The minimum atomic E-state index is -0.140. The molecule has 0 N–H and O–H groups in total. The van der Waals surface area contributed by atoms with Gasteiger partial charge in [0.2, 0.25) is 0 Å². The number of rotatable bonds is 4. The molecule has 0 fully saturated rings. The Bertz CT molecular complexity index is 2130. The van der Waals surface area contributed by atoms with E-state index in [0.717, 1.165) is 11.2 Å². The van der Waals surface area contributed by atoms with Gasteiger partial charge in [0, 0.05) is 16.4 Å². The smallest absolute Gasteiger partial charge is 0.0712 e. The third-order valence-electron chi connectivity index (χ3n) is 9.38. The highest BCUT2D eigenvalue weighted by Gasteiger charge is 2.36. The first-order valence-electron chi connectivity index (χ1n) is 15.4. The highest BCUT2D eigenvalue weighted by atomic mass is 14.7. The number of hydrogen-bond donors (Lipinski definition) is 0. The molecule has 6 aromatic carbocycles. The molecule has 0 spiro atoms. The van der Waals surface area contributed by atoms with Crippen LogP contribution in [0.15, 0.2) is 146 Å². The quantitative estimate of drug-likeness (QED) is 0.208. The summed E-state index contributed by atoms with van der Waals surface area (Å²) in [6.07, 6.45) is 0. The Kier molecular flexibility index (Phi) is 6.10. The fourth-order valence-electron chi connectivity index (χ4n) is 6.95. The summed E-state index contributed by atoms with van der Waals surface area (Å²) in [5, 5.41) is 1.17. The van der Waals surface area contributed by atoms with Crippen molar-refractivity contribution >= 4 is 10.9 Å². The predicted octanol–water partition coefficient (Wildman–Crippen LogP) is 11.5. The number of aromatic nitrogens is 1. The SMILES string of the molecule is Cc1cc2c(cc1-c1ccc3ccccc3n1)C(C)(C)c1cc(-c3cc(-c4ccccc4)cc(-c4ccccc4)c3)ccc1-2. The van der Waals surface area contributed by atoms with Crippen LogP contribution in [-0.4, -0.2) is 4.98 Å². The Labute approximate surface area is 259 Å². The van der Waals surface area contributed by atoms with Crippen molar-refractivity contribution in [3.63, 3.8) is 0 Å². The molecule has 0 atom stereocenters. The van der Waals surface area contributed by atoms with Crippen molar-refractivity contribution in [1.29, 1.82) is 0 Å². The van der Waals surface area contributed by atoms with E-state index >= 15 is 0 Å². The van der Waals surface area contributed by atoms with Crippen LogP contribution >= 0.6 is 0 Å². The van der Waals surface area contributed by atoms with Crippen LogP contribution in [0, 0.1) is 6.92 Å². The van der Waals surface area contributed by atoms with Crippen LogP contribution < -0.4 is 0 Å². The molecule has 44 heavy (non-hydrogen) atoms. The Morgan fingerprint density at radius 2 is 1.02 bits per heavy atom. The zero-order valence-corrected chi connectivity index (χ0v) is 25.3. The van der Waals surface area contributed by atoms with Gasteiger partial charge < -0.3 is 0 Å². The standard InChI is InChI=1S/C43H33N/c1-28-22-38-36-20-18-32(35-24-33(29-12-6-4-7-13-29)23-34(25-35)30-14-8-5-9-15-30)26-39(36)43(2,3)40(38)27-37(28)42-21-19-31-16-10-11-17-41(31)44-42/h4-27H,1-3H3. The number of hydrogen-bond acceptors (Lipinski definition) is 1. The molecule has 1 aliphatic rings.